The smallest absolute Gasteiger partial charge is 0.231 e. The summed E-state index contributed by atoms with van der Waals surface area (Å²) in [6.07, 6.45) is 3.19. The molecule has 8 heteroatoms. The molecule has 0 spiro atoms. The van der Waals surface area contributed by atoms with E-state index in [0.717, 1.165) is 48.8 Å². The zero-order valence-electron chi connectivity index (χ0n) is 16.4. The van der Waals surface area contributed by atoms with E-state index in [1.807, 2.05) is 42.5 Å². The van der Waals surface area contributed by atoms with Gasteiger partial charge in [0.15, 0.2) is 23.1 Å². The summed E-state index contributed by atoms with van der Waals surface area (Å²) in [5.41, 5.74) is 1.71. The molecule has 5 rings (SSSR count). The number of furan rings is 1. The van der Waals surface area contributed by atoms with Gasteiger partial charge in [0.2, 0.25) is 12.7 Å². The average molecular weight is 406 g/mol. The van der Waals surface area contributed by atoms with Gasteiger partial charge in [-0.15, -0.1) is 10.2 Å². The minimum Gasteiger partial charge on any atom is -0.463 e. The number of carbonyl (C=O) groups excluding carboxylic acids is 1. The van der Waals surface area contributed by atoms with Crippen LogP contribution in [0, 0.1) is 5.92 Å². The summed E-state index contributed by atoms with van der Waals surface area (Å²) in [6.45, 7) is 2.28. The van der Waals surface area contributed by atoms with Gasteiger partial charge in [0.05, 0.1) is 6.26 Å². The van der Waals surface area contributed by atoms with E-state index >= 15 is 0 Å². The van der Waals surface area contributed by atoms with Crippen molar-refractivity contribution in [3.63, 3.8) is 0 Å². The van der Waals surface area contributed by atoms with Gasteiger partial charge >= 0.3 is 0 Å². The molecule has 30 heavy (non-hydrogen) atoms. The van der Waals surface area contributed by atoms with Gasteiger partial charge in [0.25, 0.3) is 0 Å². The number of rotatable bonds is 5. The molecule has 1 fully saturated rings. The predicted molar refractivity (Wildman–Crippen MR) is 109 cm³/mol. The van der Waals surface area contributed by atoms with Crippen molar-refractivity contribution in [2.75, 3.05) is 24.8 Å². The highest BCUT2D eigenvalue weighted by Crippen LogP contribution is 2.32. The summed E-state index contributed by atoms with van der Waals surface area (Å²) < 4.78 is 16.1. The molecule has 0 saturated carbocycles. The third kappa shape index (κ3) is 3.80. The highest BCUT2D eigenvalue weighted by atomic mass is 16.7. The zero-order chi connectivity index (χ0) is 20.3. The topological polar surface area (TPSA) is 89.7 Å². The van der Waals surface area contributed by atoms with Gasteiger partial charge in [-0.05, 0) is 54.8 Å². The molecule has 1 amide bonds. The molecule has 2 aliphatic heterocycles. The number of amides is 1. The lowest BCUT2D eigenvalue weighted by Crippen LogP contribution is -2.40. The van der Waals surface area contributed by atoms with Gasteiger partial charge < -0.3 is 24.1 Å². The largest absolute Gasteiger partial charge is 0.463 e. The molecule has 154 valence electrons. The van der Waals surface area contributed by atoms with E-state index in [2.05, 4.69) is 20.4 Å². The second kappa shape index (κ2) is 8.06. The number of nitrogens with zero attached hydrogens (tertiary/aromatic N) is 3. The van der Waals surface area contributed by atoms with E-state index in [1.54, 1.807) is 6.26 Å². The second-order valence-electron chi connectivity index (χ2n) is 7.42. The molecule has 3 aromatic rings. The molecule has 2 aromatic heterocycles. The zero-order valence-corrected chi connectivity index (χ0v) is 16.4. The molecule has 0 unspecified atom stereocenters. The summed E-state index contributed by atoms with van der Waals surface area (Å²) in [7, 11) is 0. The lowest BCUT2D eigenvalue weighted by atomic mass is 9.96. The Morgan fingerprint density at radius 1 is 1.07 bits per heavy atom. The Morgan fingerprint density at radius 3 is 2.70 bits per heavy atom. The fraction of sp³-hybridized carbons (Fsp3) is 0.318. The normalized spacial score (nSPS) is 15.9. The van der Waals surface area contributed by atoms with Crippen molar-refractivity contribution in [2.24, 2.45) is 5.92 Å². The first kappa shape index (κ1) is 18.5. The summed E-state index contributed by atoms with van der Waals surface area (Å²) >= 11 is 0. The minimum atomic E-state index is 0.00520. The molecule has 0 aliphatic carbocycles. The highest BCUT2D eigenvalue weighted by molar-refractivity contribution is 5.79. The molecule has 0 bridgehead atoms. The van der Waals surface area contributed by atoms with E-state index in [1.165, 1.54) is 0 Å². The number of aromatic nitrogens is 2. The van der Waals surface area contributed by atoms with E-state index in [0.29, 0.717) is 18.0 Å². The Bertz CT molecular complexity index is 1010. The number of anilines is 1. The quantitative estimate of drug-likeness (QED) is 0.697. The van der Waals surface area contributed by atoms with E-state index in [4.69, 9.17) is 13.9 Å². The van der Waals surface area contributed by atoms with Gasteiger partial charge in [0, 0.05) is 25.6 Å². The molecule has 4 heterocycles. The van der Waals surface area contributed by atoms with Crippen LogP contribution in [0.2, 0.25) is 0 Å². The number of piperidine rings is 1. The Labute approximate surface area is 173 Å². The van der Waals surface area contributed by atoms with Crippen LogP contribution in [0.4, 0.5) is 5.82 Å². The van der Waals surface area contributed by atoms with E-state index in [9.17, 15) is 4.79 Å². The molecule has 8 nitrogen and oxygen atoms in total. The van der Waals surface area contributed by atoms with Crippen molar-refractivity contribution >= 4 is 11.7 Å². The third-order valence-electron chi connectivity index (χ3n) is 5.52. The number of carbonyl (C=O) groups is 1. The monoisotopic (exact) mass is 406 g/mol. The molecular formula is C22H22N4O4. The van der Waals surface area contributed by atoms with Crippen molar-refractivity contribution in [3.05, 3.63) is 54.3 Å². The molecule has 1 saturated heterocycles. The van der Waals surface area contributed by atoms with Crippen LogP contribution in [0.15, 0.2) is 53.1 Å². The number of fused-ring (bicyclic) bond motifs is 1. The van der Waals surface area contributed by atoms with Gasteiger partial charge in [-0.1, -0.05) is 6.07 Å². The van der Waals surface area contributed by atoms with E-state index in [-0.39, 0.29) is 18.6 Å². The first-order valence-electron chi connectivity index (χ1n) is 10.0. The van der Waals surface area contributed by atoms with Crippen molar-refractivity contribution < 1.29 is 18.7 Å². The molecular weight excluding hydrogens is 384 g/mol. The maximum absolute atomic E-state index is 12.6. The number of hydrogen-bond acceptors (Lipinski definition) is 7. The molecule has 0 radical (unpaired) electrons. The molecule has 1 aromatic carbocycles. The van der Waals surface area contributed by atoms with Crippen LogP contribution in [0.3, 0.4) is 0 Å². The number of benzene rings is 1. The Kier molecular flexibility index (Phi) is 4.96. The van der Waals surface area contributed by atoms with Crippen LogP contribution in [-0.4, -0.2) is 36.0 Å². The summed E-state index contributed by atoms with van der Waals surface area (Å²) in [4.78, 5) is 14.8. The first-order valence-corrected chi connectivity index (χ1v) is 10.0. The van der Waals surface area contributed by atoms with E-state index < -0.39 is 0 Å². The number of ether oxygens (including phenoxy) is 2. The average Bonchev–Trinajstić information content (AvgIpc) is 3.49. The molecule has 0 atom stereocenters. The van der Waals surface area contributed by atoms with Gasteiger partial charge in [-0.3, -0.25) is 4.79 Å². The van der Waals surface area contributed by atoms with Crippen LogP contribution >= 0.6 is 0 Å². The Balaban J connectivity index is 1.12. The maximum Gasteiger partial charge on any atom is 0.231 e. The maximum atomic E-state index is 12.6. The minimum absolute atomic E-state index is 0.00520. The number of nitrogens with one attached hydrogen (secondary N) is 1. The first-order chi connectivity index (χ1) is 14.8. The fourth-order valence-electron chi connectivity index (χ4n) is 3.80. The summed E-state index contributed by atoms with van der Waals surface area (Å²) in [5.74, 6) is 3.10. The summed E-state index contributed by atoms with van der Waals surface area (Å²) in [5, 5.41) is 11.6. The Morgan fingerprint density at radius 2 is 1.93 bits per heavy atom. The van der Waals surface area contributed by atoms with Gasteiger partial charge in [-0.2, -0.15) is 0 Å². The standard InChI is InChI=1S/C22H22N4O4/c27-22(23-13-15-3-5-19-20(12-15)30-14-29-19)16-7-9-26(10-8-16)21-6-4-17(24-25-21)18-2-1-11-28-18/h1-6,11-12,16H,7-10,13-14H2,(H,23,27). The number of hydrogen-bond donors (Lipinski definition) is 1. The fourth-order valence-corrected chi connectivity index (χ4v) is 3.80. The van der Waals surface area contributed by atoms with Crippen molar-refractivity contribution in [1.29, 1.82) is 0 Å². The van der Waals surface area contributed by atoms with Crippen LogP contribution < -0.4 is 19.7 Å². The van der Waals surface area contributed by atoms with Gasteiger partial charge in [-0.25, -0.2) is 0 Å². The summed E-state index contributed by atoms with van der Waals surface area (Å²) in [6, 6.07) is 13.3. The van der Waals surface area contributed by atoms with Crippen LogP contribution in [-0.2, 0) is 11.3 Å². The third-order valence-corrected chi connectivity index (χ3v) is 5.52. The van der Waals surface area contributed by atoms with Crippen molar-refractivity contribution in [1.82, 2.24) is 15.5 Å². The van der Waals surface area contributed by atoms with Crippen molar-refractivity contribution in [2.45, 2.75) is 19.4 Å². The van der Waals surface area contributed by atoms with Crippen LogP contribution in [0.5, 0.6) is 11.5 Å². The lowest BCUT2D eigenvalue weighted by molar-refractivity contribution is -0.125. The second-order valence-corrected chi connectivity index (χ2v) is 7.42. The molecule has 1 N–H and O–H groups in total. The predicted octanol–water partition coefficient (Wildman–Crippen LogP) is 3.00. The van der Waals surface area contributed by atoms with Gasteiger partial charge in [0.1, 0.15) is 5.69 Å². The van der Waals surface area contributed by atoms with Crippen LogP contribution in [0.1, 0.15) is 18.4 Å². The highest BCUT2D eigenvalue weighted by Gasteiger charge is 2.26. The SMILES string of the molecule is O=C(NCc1ccc2c(c1)OCO2)C1CCN(c2ccc(-c3ccco3)nn2)CC1. The molecule has 2 aliphatic rings. The lowest BCUT2D eigenvalue weighted by Gasteiger charge is -2.31. The Hall–Kier alpha value is -3.55. The van der Waals surface area contributed by atoms with Crippen LogP contribution in [0.25, 0.3) is 11.5 Å². The van der Waals surface area contributed by atoms with Crippen molar-refractivity contribution in [3.8, 4) is 23.0 Å².